The fourth-order valence-corrected chi connectivity index (χ4v) is 5.58. The third-order valence-electron chi connectivity index (χ3n) is 6.69. The summed E-state index contributed by atoms with van der Waals surface area (Å²) in [6.07, 6.45) is 5.95. The van der Waals surface area contributed by atoms with Crippen molar-refractivity contribution in [1.82, 2.24) is 14.5 Å². The van der Waals surface area contributed by atoms with Gasteiger partial charge in [0.2, 0.25) is 0 Å². The van der Waals surface area contributed by atoms with Gasteiger partial charge in [-0.3, -0.25) is 4.57 Å². The first-order chi connectivity index (χ1) is 15.4. The highest BCUT2D eigenvalue weighted by molar-refractivity contribution is 5.95. The van der Waals surface area contributed by atoms with E-state index < -0.39 is 0 Å². The monoisotopic (exact) mass is 434 g/mol. The van der Waals surface area contributed by atoms with Crippen LogP contribution >= 0.6 is 0 Å². The van der Waals surface area contributed by atoms with Gasteiger partial charge in [-0.1, -0.05) is 58.2 Å². The molecule has 0 saturated heterocycles. The summed E-state index contributed by atoms with van der Waals surface area (Å²) in [6, 6.07) is 5.14. The van der Waals surface area contributed by atoms with Crippen molar-refractivity contribution in [2.45, 2.75) is 100 Å². The molecular formula is C28H42N4. The van der Waals surface area contributed by atoms with Crippen LogP contribution in [0.4, 0.5) is 5.82 Å². The summed E-state index contributed by atoms with van der Waals surface area (Å²) < 4.78 is 2.41. The van der Waals surface area contributed by atoms with E-state index in [-0.39, 0.29) is 0 Å². The number of nitrogens with zero attached hydrogens (tertiary/aromatic N) is 4. The van der Waals surface area contributed by atoms with Gasteiger partial charge >= 0.3 is 0 Å². The van der Waals surface area contributed by atoms with Crippen molar-refractivity contribution in [3.63, 3.8) is 0 Å². The average molecular weight is 435 g/mol. The molecular weight excluding hydrogens is 392 g/mol. The second-order valence-electron chi connectivity index (χ2n) is 9.11. The summed E-state index contributed by atoms with van der Waals surface area (Å²) in [5.41, 5.74) is 9.05. The Bertz CT molecular complexity index is 1060. The second-order valence-corrected chi connectivity index (χ2v) is 9.11. The van der Waals surface area contributed by atoms with E-state index in [2.05, 4.69) is 63.1 Å². The third kappa shape index (κ3) is 4.16. The number of rotatable bonds is 6. The van der Waals surface area contributed by atoms with Crippen molar-refractivity contribution in [3.05, 3.63) is 45.9 Å². The number of hydrogen-bond acceptors (Lipinski definition) is 3. The molecule has 0 spiro atoms. The maximum Gasteiger partial charge on any atom is 0.150 e. The van der Waals surface area contributed by atoms with Crippen LogP contribution in [0.3, 0.4) is 0 Å². The van der Waals surface area contributed by atoms with Crippen molar-refractivity contribution >= 4 is 16.9 Å². The van der Waals surface area contributed by atoms with Crippen LogP contribution in [0.2, 0.25) is 0 Å². The largest absolute Gasteiger partial charge is 0.353 e. The molecule has 3 heterocycles. The van der Waals surface area contributed by atoms with E-state index >= 15 is 0 Å². The highest BCUT2D eigenvalue weighted by Crippen LogP contribution is 2.40. The quantitative estimate of drug-likeness (QED) is 0.407. The molecule has 4 rings (SSSR count). The van der Waals surface area contributed by atoms with E-state index in [1.807, 2.05) is 20.8 Å². The average Bonchev–Trinajstić information content (AvgIpc) is 3.02. The third-order valence-corrected chi connectivity index (χ3v) is 6.69. The molecule has 0 radical (unpaired) electrons. The summed E-state index contributed by atoms with van der Waals surface area (Å²) >= 11 is 0. The molecule has 0 unspecified atom stereocenters. The lowest BCUT2D eigenvalue weighted by Gasteiger charge is -2.36. The van der Waals surface area contributed by atoms with Gasteiger partial charge in [0.25, 0.3) is 0 Å². The van der Waals surface area contributed by atoms with Gasteiger partial charge in [0.05, 0.1) is 11.1 Å². The number of hydrogen-bond donors (Lipinski definition) is 0. The van der Waals surface area contributed by atoms with E-state index in [4.69, 9.17) is 9.97 Å². The number of benzene rings is 1. The Morgan fingerprint density at radius 1 is 0.906 bits per heavy atom. The van der Waals surface area contributed by atoms with Gasteiger partial charge in [-0.15, -0.1) is 0 Å². The van der Waals surface area contributed by atoms with Gasteiger partial charge in [0.15, 0.2) is 5.65 Å². The lowest BCUT2D eigenvalue weighted by atomic mass is 9.99. The Kier molecular flexibility index (Phi) is 7.63. The first kappa shape index (κ1) is 24.3. The van der Waals surface area contributed by atoms with Crippen LogP contribution in [0.5, 0.6) is 0 Å². The molecule has 0 fully saturated rings. The van der Waals surface area contributed by atoms with Gasteiger partial charge < -0.3 is 4.90 Å². The summed E-state index contributed by atoms with van der Waals surface area (Å²) in [5, 5.41) is 1.28. The van der Waals surface area contributed by atoms with Gasteiger partial charge in [-0.2, -0.15) is 0 Å². The SMILES string of the molecule is CC.CCCC(CCC)N1CCc2c(C)n(-c3c(C)cc(C)cc3C)c3nc(C)nc1c23. The van der Waals surface area contributed by atoms with Crippen LogP contribution in [-0.2, 0) is 6.42 Å². The molecule has 0 amide bonds. The van der Waals surface area contributed by atoms with Gasteiger partial charge in [-0.05, 0) is 70.6 Å². The van der Waals surface area contributed by atoms with Crippen LogP contribution in [0, 0.1) is 34.6 Å². The molecule has 0 bridgehead atoms. The van der Waals surface area contributed by atoms with Crippen LogP contribution in [0.25, 0.3) is 16.7 Å². The van der Waals surface area contributed by atoms with Crippen LogP contribution in [-0.4, -0.2) is 27.1 Å². The first-order valence-electron chi connectivity index (χ1n) is 12.6. The maximum absolute atomic E-state index is 5.01. The molecule has 1 aromatic carbocycles. The van der Waals surface area contributed by atoms with Gasteiger partial charge in [-0.25, -0.2) is 9.97 Å². The molecule has 32 heavy (non-hydrogen) atoms. The normalized spacial score (nSPS) is 13.0. The zero-order valence-corrected chi connectivity index (χ0v) is 21.8. The molecule has 0 N–H and O–H groups in total. The molecule has 1 aliphatic heterocycles. The standard InChI is InChI=1S/C26H36N4.C2H6/c1-8-10-21(11-9-2)29-13-12-22-19(6)30(24-17(4)14-16(3)15-18(24)5)26-23(22)25(29)27-20(7)28-26;1-2/h14-15,21H,8-13H2,1-7H3;1-2H3. The van der Waals surface area contributed by atoms with E-state index in [0.717, 1.165) is 30.3 Å². The smallest absolute Gasteiger partial charge is 0.150 e. The molecule has 0 atom stereocenters. The van der Waals surface area contributed by atoms with Crippen molar-refractivity contribution in [2.24, 2.45) is 0 Å². The van der Waals surface area contributed by atoms with E-state index in [9.17, 15) is 0 Å². The summed E-state index contributed by atoms with van der Waals surface area (Å²) in [5.74, 6) is 2.03. The predicted molar refractivity (Wildman–Crippen MR) is 139 cm³/mol. The van der Waals surface area contributed by atoms with Crippen molar-refractivity contribution in [3.8, 4) is 5.69 Å². The fraction of sp³-hybridized carbons (Fsp3) is 0.571. The van der Waals surface area contributed by atoms with Crippen LogP contribution < -0.4 is 4.90 Å². The summed E-state index contributed by atoms with van der Waals surface area (Å²) in [7, 11) is 0. The van der Waals surface area contributed by atoms with Crippen molar-refractivity contribution < 1.29 is 0 Å². The van der Waals surface area contributed by atoms with Gasteiger partial charge in [0.1, 0.15) is 11.6 Å². The Morgan fingerprint density at radius 3 is 2.06 bits per heavy atom. The van der Waals surface area contributed by atoms with E-state index in [0.29, 0.717) is 6.04 Å². The maximum atomic E-state index is 5.01. The minimum Gasteiger partial charge on any atom is -0.353 e. The molecule has 1 aliphatic rings. The van der Waals surface area contributed by atoms with E-state index in [1.165, 1.54) is 64.7 Å². The molecule has 0 saturated carbocycles. The molecule has 174 valence electrons. The number of anilines is 1. The number of aromatic nitrogens is 3. The highest BCUT2D eigenvalue weighted by Gasteiger charge is 2.31. The topological polar surface area (TPSA) is 34.0 Å². The lowest BCUT2D eigenvalue weighted by Crippen LogP contribution is -2.39. The fourth-order valence-electron chi connectivity index (χ4n) is 5.58. The van der Waals surface area contributed by atoms with Crippen molar-refractivity contribution in [1.29, 1.82) is 0 Å². The van der Waals surface area contributed by atoms with Crippen molar-refractivity contribution in [2.75, 3.05) is 11.4 Å². The Labute approximate surface area is 195 Å². The molecule has 4 nitrogen and oxygen atoms in total. The minimum atomic E-state index is 0.567. The minimum absolute atomic E-state index is 0.567. The van der Waals surface area contributed by atoms with Crippen LogP contribution in [0.1, 0.15) is 87.2 Å². The molecule has 2 aromatic heterocycles. The Balaban J connectivity index is 0.00000141. The Morgan fingerprint density at radius 2 is 1.50 bits per heavy atom. The van der Waals surface area contributed by atoms with Gasteiger partial charge in [0, 0.05) is 18.3 Å². The second kappa shape index (κ2) is 10.1. The van der Waals surface area contributed by atoms with E-state index in [1.54, 1.807) is 0 Å². The molecule has 3 aromatic rings. The highest BCUT2D eigenvalue weighted by atomic mass is 15.2. The summed E-state index contributed by atoms with van der Waals surface area (Å²) in [6.45, 7) is 20.6. The number of aryl methyl sites for hydroxylation is 4. The summed E-state index contributed by atoms with van der Waals surface area (Å²) in [4.78, 5) is 12.6. The zero-order valence-electron chi connectivity index (χ0n) is 21.8. The lowest BCUT2D eigenvalue weighted by molar-refractivity contribution is 0.498. The molecule has 0 aliphatic carbocycles. The van der Waals surface area contributed by atoms with Crippen LogP contribution in [0.15, 0.2) is 12.1 Å². The Hall–Kier alpha value is -2.36. The first-order valence-corrected chi connectivity index (χ1v) is 12.6. The zero-order chi connectivity index (χ0) is 23.6. The molecule has 4 heteroatoms. The predicted octanol–water partition coefficient (Wildman–Crippen LogP) is 7.32.